The maximum Gasteiger partial charge on any atom is 0.217 e. The van der Waals surface area contributed by atoms with Gasteiger partial charge in [0, 0.05) is 12.1 Å². The molecular weight excluding hydrogens is 293 g/mol. The lowest BCUT2D eigenvalue weighted by atomic mass is 9.99. The quantitative estimate of drug-likeness (QED) is 0.857. The van der Waals surface area contributed by atoms with Crippen molar-refractivity contribution < 1.29 is 17.5 Å². The zero-order valence-corrected chi connectivity index (χ0v) is 13.3. The predicted octanol–water partition coefficient (Wildman–Crippen LogP) is 2.40. The SMILES string of the molecule is CCC(C)[C@H]1COCCS(=O)(=O)N1Cc1ccccc1F. The van der Waals surface area contributed by atoms with E-state index in [0.717, 1.165) is 6.42 Å². The molecule has 0 bridgehead atoms. The van der Waals surface area contributed by atoms with Gasteiger partial charge < -0.3 is 4.74 Å². The second-order valence-corrected chi connectivity index (χ2v) is 7.52. The molecule has 0 saturated carbocycles. The van der Waals surface area contributed by atoms with Crippen LogP contribution in [0.2, 0.25) is 0 Å². The van der Waals surface area contributed by atoms with Crippen molar-refractivity contribution in [3.63, 3.8) is 0 Å². The highest BCUT2D eigenvalue weighted by molar-refractivity contribution is 7.89. The molecule has 1 aromatic rings. The van der Waals surface area contributed by atoms with Crippen molar-refractivity contribution in [2.24, 2.45) is 5.92 Å². The van der Waals surface area contributed by atoms with Crippen LogP contribution in [-0.4, -0.2) is 37.7 Å². The van der Waals surface area contributed by atoms with E-state index in [1.165, 1.54) is 10.4 Å². The lowest BCUT2D eigenvalue weighted by molar-refractivity contribution is 0.0851. The number of ether oxygens (including phenoxy) is 1. The Hall–Kier alpha value is -0.980. The van der Waals surface area contributed by atoms with Crippen LogP contribution in [0.15, 0.2) is 24.3 Å². The molecule has 21 heavy (non-hydrogen) atoms. The molecule has 1 heterocycles. The monoisotopic (exact) mass is 315 g/mol. The Balaban J connectivity index is 2.34. The summed E-state index contributed by atoms with van der Waals surface area (Å²) in [5.74, 6) is -0.264. The van der Waals surface area contributed by atoms with E-state index in [1.807, 2.05) is 13.8 Å². The van der Waals surface area contributed by atoms with Gasteiger partial charge in [0.05, 0.1) is 25.0 Å². The van der Waals surface area contributed by atoms with Crippen LogP contribution >= 0.6 is 0 Å². The van der Waals surface area contributed by atoms with Crippen LogP contribution in [0.3, 0.4) is 0 Å². The first kappa shape index (κ1) is 16.4. The first-order valence-electron chi connectivity index (χ1n) is 7.26. The first-order valence-corrected chi connectivity index (χ1v) is 8.87. The van der Waals surface area contributed by atoms with Crippen molar-refractivity contribution in [2.45, 2.75) is 32.9 Å². The van der Waals surface area contributed by atoms with Crippen LogP contribution in [-0.2, 0) is 21.3 Å². The molecule has 2 atom stereocenters. The molecule has 118 valence electrons. The first-order chi connectivity index (χ1) is 9.95. The molecule has 6 heteroatoms. The van der Waals surface area contributed by atoms with E-state index in [2.05, 4.69) is 0 Å². The number of benzene rings is 1. The maximum atomic E-state index is 13.9. The van der Waals surface area contributed by atoms with Gasteiger partial charge in [-0.3, -0.25) is 0 Å². The Morgan fingerprint density at radius 3 is 2.81 bits per heavy atom. The number of sulfonamides is 1. The average Bonchev–Trinajstić information content (AvgIpc) is 2.60. The Morgan fingerprint density at radius 2 is 2.14 bits per heavy atom. The summed E-state index contributed by atoms with van der Waals surface area (Å²) in [6, 6.07) is 6.06. The van der Waals surface area contributed by atoms with Crippen molar-refractivity contribution in [3.8, 4) is 0 Å². The van der Waals surface area contributed by atoms with Gasteiger partial charge in [-0.1, -0.05) is 38.5 Å². The van der Waals surface area contributed by atoms with Crippen LogP contribution in [0.1, 0.15) is 25.8 Å². The molecule has 1 unspecified atom stereocenters. The largest absolute Gasteiger partial charge is 0.379 e. The Labute approximate surface area is 126 Å². The van der Waals surface area contributed by atoms with Gasteiger partial charge in [0.1, 0.15) is 5.82 Å². The van der Waals surface area contributed by atoms with Gasteiger partial charge in [-0.25, -0.2) is 12.8 Å². The van der Waals surface area contributed by atoms with Gasteiger partial charge in [0.25, 0.3) is 0 Å². The lowest BCUT2D eigenvalue weighted by Crippen LogP contribution is -2.45. The standard InChI is InChI=1S/C15H22FNO3S/c1-3-12(2)15-11-20-8-9-21(18,19)17(15)10-13-6-4-5-7-14(13)16/h4-7,12,15H,3,8-11H2,1-2H3/t12?,15-/m1/s1. The van der Waals surface area contributed by atoms with E-state index in [1.54, 1.807) is 18.2 Å². The summed E-state index contributed by atoms with van der Waals surface area (Å²) in [5.41, 5.74) is 0.399. The molecule has 0 spiro atoms. The van der Waals surface area contributed by atoms with Crippen LogP contribution in [0.5, 0.6) is 0 Å². The lowest BCUT2D eigenvalue weighted by Gasteiger charge is -2.32. The summed E-state index contributed by atoms with van der Waals surface area (Å²) in [6.07, 6.45) is 0.845. The Bertz CT molecular complexity index is 576. The van der Waals surface area contributed by atoms with Crippen molar-refractivity contribution >= 4 is 10.0 Å². The summed E-state index contributed by atoms with van der Waals surface area (Å²) in [5, 5.41) is 0. The number of nitrogens with zero attached hydrogens (tertiary/aromatic N) is 1. The molecule has 0 radical (unpaired) electrons. The van der Waals surface area contributed by atoms with Gasteiger partial charge in [-0.15, -0.1) is 0 Å². The van der Waals surface area contributed by atoms with E-state index >= 15 is 0 Å². The number of hydrogen-bond donors (Lipinski definition) is 0. The van der Waals surface area contributed by atoms with E-state index in [-0.39, 0.29) is 36.7 Å². The minimum Gasteiger partial charge on any atom is -0.379 e. The van der Waals surface area contributed by atoms with Gasteiger partial charge >= 0.3 is 0 Å². The highest BCUT2D eigenvalue weighted by atomic mass is 32.2. The van der Waals surface area contributed by atoms with Gasteiger partial charge in [0.15, 0.2) is 0 Å². The zero-order valence-electron chi connectivity index (χ0n) is 12.5. The van der Waals surface area contributed by atoms with Crippen LogP contribution in [0.25, 0.3) is 0 Å². The molecule has 1 fully saturated rings. The molecule has 1 aliphatic rings. The molecule has 2 rings (SSSR count). The summed E-state index contributed by atoms with van der Waals surface area (Å²) in [4.78, 5) is 0. The molecule has 1 aliphatic heterocycles. The number of rotatable bonds is 4. The maximum absolute atomic E-state index is 13.9. The normalized spacial score (nSPS) is 24.4. The molecule has 0 N–H and O–H groups in total. The summed E-state index contributed by atoms with van der Waals surface area (Å²) in [6.45, 7) is 4.64. The molecule has 4 nitrogen and oxygen atoms in total. The van der Waals surface area contributed by atoms with Gasteiger partial charge in [-0.05, 0) is 12.0 Å². The third-order valence-electron chi connectivity index (χ3n) is 4.09. The van der Waals surface area contributed by atoms with E-state index in [4.69, 9.17) is 4.74 Å². The number of halogens is 1. The fourth-order valence-corrected chi connectivity index (χ4v) is 4.09. The molecular formula is C15H22FNO3S. The fraction of sp³-hybridized carbons (Fsp3) is 0.600. The van der Waals surface area contributed by atoms with E-state index < -0.39 is 10.0 Å². The van der Waals surface area contributed by atoms with Gasteiger partial charge in [-0.2, -0.15) is 4.31 Å². The molecule has 1 saturated heterocycles. The van der Waals surface area contributed by atoms with Crippen LogP contribution in [0, 0.1) is 11.7 Å². The summed E-state index contributed by atoms with van der Waals surface area (Å²) < 4.78 is 45.7. The van der Waals surface area contributed by atoms with Crippen molar-refractivity contribution in [1.29, 1.82) is 0 Å². The smallest absolute Gasteiger partial charge is 0.217 e. The minimum atomic E-state index is -3.44. The topological polar surface area (TPSA) is 46.6 Å². The van der Waals surface area contributed by atoms with E-state index in [0.29, 0.717) is 12.2 Å². The highest BCUT2D eigenvalue weighted by Crippen LogP contribution is 2.24. The Morgan fingerprint density at radius 1 is 1.43 bits per heavy atom. The highest BCUT2D eigenvalue weighted by Gasteiger charge is 2.35. The average molecular weight is 315 g/mol. The van der Waals surface area contributed by atoms with Crippen molar-refractivity contribution in [3.05, 3.63) is 35.6 Å². The summed E-state index contributed by atoms with van der Waals surface area (Å²) >= 11 is 0. The molecule has 0 aliphatic carbocycles. The van der Waals surface area contributed by atoms with Crippen molar-refractivity contribution in [1.82, 2.24) is 4.31 Å². The Kier molecular flexibility index (Phi) is 5.35. The predicted molar refractivity (Wildman–Crippen MR) is 79.8 cm³/mol. The fourth-order valence-electron chi connectivity index (χ4n) is 2.51. The third-order valence-corrected chi connectivity index (χ3v) is 5.88. The third kappa shape index (κ3) is 3.81. The summed E-state index contributed by atoms with van der Waals surface area (Å²) in [7, 11) is -3.44. The van der Waals surface area contributed by atoms with Gasteiger partial charge in [0.2, 0.25) is 10.0 Å². The van der Waals surface area contributed by atoms with Crippen LogP contribution in [0.4, 0.5) is 4.39 Å². The van der Waals surface area contributed by atoms with Crippen LogP contribution < -0.4 is 0 Å². The second kappa shape index (κ2) is 6.85. The number of hydrogen-bond acceptors (Lipinski definition) is 3. The van der Waals surface area contributed by atoms with Crippen molar-refractivity contribution in [2.75, 3.05) is 19.0 Å². The molecule has 0 amide bonds. The second-order valence-electron chi connectivity index (χ2n) is 5.48. The molecule has 1 aromatic carbocycles. The van der Waals surface area contributed by atoms with E-state index in [9.17, 15) is 12.8 Å². The molecule has 0 aromatic heterocycles. The zero-order chi connectivity index (χ0) is 15.5. The minimum absolute atomic E-state index is 0.0472.